The van der Waals surface area contributed by atoms with Gasteiger partial charge in [0.25, 0.3) is 11.5 Å². The van der Waals surface area contributed by atoms with Crippen molar-refractivity contribution in [2.45, 2.75) is 13.1 Å². The number of amides is 1. The topological polar surface area (TPSA) is 94.4 Å². The monoisotopic (exact) mass is 364 g/mol. The summed E-state index contributed by atoms with van der Waals surface area (Å²) in [6, 6.07) is 9.05. The first kappa shape index (κ1) is 16.8. The average molecular weight is 364 g/mol. The van der Waals surface area contributed by atoms with Crippen molar-refractivity contribution >= 4 is 16.8 Å². The standard InChI is InChI=1S/C19H16N4O4/c1-22-17-5-3-2-4-13(17)6-16(18(22)24)19(25)23(7-14-9-26-11-20-14)8-15-10-27-12-21-15/h2-6,9-12H,7-8H2,1H3. The van der Waals surface area contributed by atoms with E-state index in [1.807, 2.05) is 24.3 Å². The Balaban J connectivity index is 1.75. The van der Waals surface area contributed by atoms with Crippen LogP contribution in [0.5, 0.6) is 0 Å². The summed E-state index contributed by atoms with van der Waals surface area (Å²) in [5, 5.41) is 0.811. The van der Waals surface area contributed by atoms with Crippen molar-refractivity contribution in [2.75, 3.05) is 0 Å². The number of carbonyl (C=O) groups is 1. The van der Waals surface area contributed by atoms with E-state index in [2.05, 4.69) is 9.97 Å². The van der Waals surface area contributed by atoms with Crippen LogP contribution in [0, 0.1) is 0 Å². The van der Waals surface area contributed by atoms with Gasteiger partial charge in [-0.05, 0) is 17.5 Å². The Labute approximate surface area is 153 Å². The van der Waals surface area contributed by atoms with Crippen LogP contribution in [0.15, 0.2) is 69.3 Å². The van der Waals surface area contributed by atoms with Crippen LogP contribution in [0.25, 0.3) is 10.9 Å². The number of hydrogen-bond donors (Lipinski definition) is 0. The van der Waals surface area contributed by atoms with E-state index in [4.69, 9.17) is 8.83 Å². The fourth-order valence-corrected chi connectivity index (χ4v) is 2.97. The molecule has 4 aromatic rings. The highest BCUT2D eigenvalue weighted by molar-refractivity contribution is 5.97. The summed E-state index contributed by atoms with van der Waals surface area (Å²) in [7, 11) is 1.65. The summed E-state index contributed by atoms with van der Waals surface area (Å²) in [5.74, 6) is -0.410. The Kier molecular flexibility index (Phi) is 4.29. The first-order valence-corrected chi connectivity index (χ1v) is 8.25. The van der Waals surface area contributed by atoms with Gasteiger partial charge in [0, 0.05) is 7.05 Å². The Hall–Kier alpha value is -3.68. The smallest absolute Gasteiger partial charge is 0.263 e. The highest BCUT2D eigenvalue weighted by Crippen LogP contribution is 2.16. The molecular formula is C19H16N4O4. The molecule has 8 nitrogen and oxygen atoms in total. The molecule has 0 atom stereocenters. The SMILES string of the molecule is Cn1c(=O)c(C(=O)N(Cc2cocn2)Cc2cocn2)cc2ccccc21. The minimum atomic E-state index is -0.410. The maximum Gasteiger partial charge on any atom is 0.263 e. The summed E-state index contributed by atoms with van der Waals surface area (Å²) >= 11 is 0. The number of carbonyl (C=O) groups excluding carboxylic acids is 1. The van der Waals surface area contributed by atoms with E-state index in [0.29, 0.717) is 11.4 Å². The van der Waals surface area contributed by atoms with Crippen LogP contribution < -0.4 is 5.56 Å². The van der Waals surface area contributed by atoms with E-state index in [-0.39, 0.29) is 24.2 Å². The van der Waals surface area contributed by atoms with Gasteiger partial charge in [-0.3, -0.25) is 9.59 Å². The van der Waals surface area contributed by atoms with E-state index in [1.165, 1.54) is 34.8 Å². The minimum Gasteiger partial charge on any atom is -0.451 e. The molecule has 0 saturated heterocycles. The van der Waals surface area contributed by atoms with Gasteiger partial charge in [0.05, 0.1) is 30.0 Å². The lowest BCUT2D eigenvalue weighted by atomic mass is 10.1. The molecule has 0 bridgehead atoms. The van der Waals surface area contributed by atoms with Gasteiger partial charge in [-0.15, -0.1) is 0 Å². The first-order valence-electron chi connectivity index (χ1n) is 8.25. The van der Waals surface area contributed by atoms with E-state index in [1.54, 1.807) is 13.1 Å². The van der Waals surface area contributed by atoms with Gasteiger partial charge in [-0.25, -0.2) is 9.97 Å². The highest BCUT2D eigenvalue weighted by Gasteiger charge is 2.22. The minimum absolute atomic E-state index is 0.0863. The average Bonchev–Trinajstić information content (AvgIpc) is 3.38. The van der Waals surface area contributed by atoms with Crippen molar-refractivity contribution in [3.63, 3.8) is 0 Å². The van der Waals surface area contributed by atoms with Crippen LogP contribution in [0.4, 0.5) is 0 Å². The lowest BCUT2D eigenvalue weighted by molar-refractivity contribution is 0.0723. The molecule has 1 amide bonds. The Bertz CT molecular complexity index is 1090. The van der Waals surface area contributed by atoms with Crippen LogP contribution in [0.3, 0.4) is 0 Å². The third-order valence-electron chi connectivity index (χ3n) is 4.32. The normalized spacial score (nSPS) is 11.0. The molecule has 0 spiro atoms. The number of oxazole rings is 2. The van der Waals surface area contributed by atoms with Crippen LogP contribution in [0.2, 0.25) is 0 Å². The highest BCUT2D eigenvalue weighted by atomic mass is 16.3. The molecule has 0 fully saturated rings. The van der Waals surface area contributed by atoms with Crippen LogP contribution in [0.1, 0.15) is 21.7 Å². The first-order chi connectivity index (χ1) is 13.1. The zero-order valence-corrected chi connectivity index (χ0v) is 14.5. The number of aromatic nitrogens is 3. The van der Waals surface area contributed by atoms with Gasteiger partial charge in [0.1, 0.15) is 18.1 Å². The van der Waals surface area contributed by atoms with Gasteiger partial charge in [-0.2, -0.15) is 0 Å². The summed E-state index contributed by atoms with van der Waals surface area (Å²) in [6.07, 6.45) is 5.51. The van der Waals surface area contributed by atoms with E-state index in [9.17, 15) is 9.59 Å². The van der Waals surface area contributed by atoms with Crippen molar-refractivity contribution < 1.29 is 13.6 Å². The molecule has 0 saturated carbocycles. The number of aryl methyl sites for hydroxylation is 1. The summed E-state index contributed by atoms with van der Waals surface area (Å²) in [6.45, 7) is 0.357. The van der Waals surface area contributed by atoms with Gasteiger partial charge in [0.15, 0.2) is 12.8 Å². The van der Waals surface area contributed by atoms with Crippen molar-refractivity contribution in [2.24, 2.45) is 7.05 Å². The van der Waals surface area contributed by atoms with Crippen LogP contribution >= 0.6 is 0 Å². The van der Waals surface area contributed by atoms with E-state index in [0.717, 1.165) is 10.9 Å². The molecule has 3 heterocycles. The number of hydrogen-bond acceptors (Lipinski definition) is 6. The lowest BCUT2D eigenvalue weighted by Crippen LogP contribution is -2.36. The van der Waals surface area contributed by atoms with Gasteiger partial charge < -0.3 is 18.3 Å². The van der Waals surface area contributed by atoms with Gasteiger partial charge in [-0.1, -0.05) is 18.2 Å². The largest absolute Gasteiger partial charge is 0.451 e. The molecule has 0 N–H and O–H groups in total. The second kappa shape index (κ2) is 6.91. The quantitative estimate of drug-likeness (QED) is 0.539. The fourth-order valence-electron chi connectivity index (χ4n) is 2.97. The van der Waals surface area contributed by atoms with E-state index < -0.39 is 5.91 Å². The molecule has 136 valence electrons. The Morgan fingerprint density at radius 2 is 1.70 bits per heavy atom. The van der Waals surface area contributed by atoms with E-state index >= 15 is 0 Å². The molecule has 8 heteroatoms. The number of nitrogens with zero attached hydrogens (tertiary/aromatic N) is 4. The number of rotatable bonds is 5. The zero-order valence-electron chi connectivity index (χ0n) is 14.5. The predicted octanol–water partition coefficient (Wildman–Crippen LogP) is 2.36. The van der Waals surface area contributed by atoms with Gasteiger partial charge in [0.2, 0.25) is 0 Å². The third-order valence-corrected chi connectivity index (χ3v) is 4.32. The zero-order chi connectivity index (χ0) is 18.8. The molecule has 4 rings (SSSR count). The Morgan fingerprint density at radius 3 is 2.30 bits per heavy atom. The molecule has 0 aliphatic rings. The Morgan fingerprint density at radius 1 is 1.07 bits per heavy atom. The van der Waals surface area contributed by atoms with Crippen molar-refractivity contribution in [3.8, 4) is 0 Å². The summed E-state index contributed by atoms with van der Waals surface area (Å²) < 4.78 is 11.5. The number of benzene rings is 1. The third kappa shape index (κ3) is 3.24. The molecule has 0 radical (unpaired) electrons. The number of para-hydroxylation sites is 1. The molecule has 3 aromatic heterocycles. The maximum atomic E-state index is 13.2. The van der Waals surface area contributed by atoms with Crippen molar-refractivity contribution in [3.05, 3.63) is 83.0 Å². The predicted molar refractivity (Wildman–Crippen MR) is 95.8 cm³/mol. The molecule has 0 aliphatic carbocycles. The molecule has 27 heavy (non-hydrogen) atoms. The molecule has 0 aliphatic heterocycles. The maximum absolute atomic E-state index is 13.2. The molecule has 0 unspecified atom stereocenters. The number of pyridine rings is 1. The summed E-state index contributed by atoms with van der Waals surface area (Å²) in [4.78, 5) is 35.6. The molecule has 1 aromatic carbocycles. The summed E-state index contributed by atoms with van der Waals surface area (Å²) in [5.41, 5.74) is 1.64. The van der Waals surface area contributed by atoms with Crippen molar-refractivity contribution in [1.29, 1.82) is 0 Å². The van der Waals surface area contributed by atoms with Gasteiger partial charge >= 0.3 is 0 Å². The van der Waals surface area contributed by atoms with Crippen molar-refractivity contribution in [1.82, 2.24) is 19.4 Å². The van der Waals surface area contributed by atoms with Crippen LogP contribution in [-0.2, 0) is 20.1 Å². The second-order valence-corrected chi connectivity index (χ2v) is 6.10. The van der Waals surface area contributed by atoms with Crippen LogP contribution in [-0.4, -0.2) is 25.3 Å². The number of fused-ring (bicyclic) bond motifs is 1. The fraction of sp³-hybridized carbons (Fsp3) is 0.158. The molecular weight excluding hydrogens is 348 g/mol. The lowest BCUT2D eigenvalue weighted by Gasteiger charge is -2.21. The second-order valence-electron chi connectivity index (χ2n) is 6.10.